The molecule has 0 radical (unpaired) electrons. The van der Waals surface area contributed by atoms with Crippen molar-refractivity contribution >= 4 is 52.3 Å². The Morgan fingerprint density at radius 2 is 1.01 bits per heavy atom. The lowest BCUT2D eigenvalue weighted by atomic mass is 10.0. The minimum atomic E-state index is -1.08. The number of nitro benzene ring substituents is 2. The predicted molar refractivity (Wildman–Crippen MR) is 268 cm³/mol. The Kier molecular flexibility index (Phi) is 32.1. The number of amides is 5. The van der Waals surface area contributed by atoms with Crippen LogP contribution in [0.4, 0.5) is 22.7 Å². The number of rotatable bonds is 47. The molecule has 1 saturated heterocycles. The minimum Gasteiger partial charge on any atom is -0.379 e. The van der Waals surface area contributed by atoms with Crippen LogP contribution in [0.1, 0.15) is 59.2 Å². The number of hydrogen-bond donors (Lipinski definition) is 3. The second kappa shape index (κ2) is 38.8. The van der Waals surface area contributed by atoms with Crippen molar-refractivity contribution in [2.75, 3.05) is 176 Å². The summed E-state index contributed by atoms with van der Waals surface area (Å²) in [6.07, 6.45) is 2.37. The number of unbranched alkanes of at least 4 members (excludes halogenated alkanes) is 2. The van der Waals surface area contributed by atoms with Gasteiger partial charge in [0.1, 0.15) is 11.7 Å². The summed E-state index contributed by atoms with van der Waals surface area (Å²) < 4.78 is 65.9. The van der Waals surface area contributed by atoms with E-state index in [2.05, 4.69) is 16.0 Å². The quantitative estimate of drug-likeness (QED) is 0.0371. The number of piperidine rings is 1. The fourth-order valence-corrected chi connectivity index (χ4v) is 7.21. The molecule has 0 saturated carbocycles. The van der Waals surface area contributed by atoms with E-state index in [1.165, 1.54) is 18.2 Å². The van der Waals surface area contributed by atoms with Crippen molar-refractivity contribution < 1.29 is 90.7 Å². The Morgan fingerprint density at radius 3 is 1.46 bits per heavy atom. The molecule has 1 fully saturated rings. The van der Waals surface area contributed by atoms with Gasteiger partial charge in [0.15, 0.2) is 0 Å². The number of nitrogens with zero attached hydrogens (tertiary/aromatic N) is 3. The Bertz CT molecular complexity index is 2080. The first kappa shape index (κ1) is 62.8. The van der Waals surface area contributed by atoms with Crippen molar-refractivity contribution in [2.45, 2.75) is 44.6 Å². The average molecular weight is 1080 g/mol. The number of imide groups is 2. The third-order valence-corrected chi connectivity index (χ3v) is 11.0. The molecule has 5 amide bonds. The maximum absolute atomic E-state index is 13.2. The molecule has 2 aliphatic heterocycles. The van der Waals surface area contributed by atoms with Gasteiger partial charge in [0.05, 0.1) is 185 Å². The van der Waals surface area contributed by atoms with Crippen molar-refractivity contribution in [3.63, 3.8) is 0 Å². The van der Waals surface area contributed by atoms with Gasteiger partial charge in [0.25, 0.3) is 23.2 Å². The van der Waals surface area contributed by atoms with Gasteiger partial charge in [-0.1, -0.05) is 12.5 Å². The molecule has 27 heteroatoms. The summed E-state index contributed by atoms with van der Waals surface area (Å²) >= 11 is 0. The number of nitrogens with one attached hydrogen (secondary N) is 3. The first-order valence-electron chi connectivity index (χ1n) is 25.3. The number of anilines is 2. The molecule has 2 heterocycles. The molecule has 424 valence electrons. The van der Waals surface area contributed by atoms with Crippen LogP contribution in [0.15, 0.2) is 36.4 Å². The van der Waals surface area contributed by atoms with Crippen molar-refractivity contribution in [3.8, 4) is 0 Å². The minimum absolute atomic E-state index is 0.0187. The molecule has 76 heavy (non-hydrogen) atoms. The standard InChI is InChI=1S/C49H72N6O21/c56-44(51-41-6-4-5-39-46(41)49(60)53(48(39)59)42-10-11-45(57)52-47(42)58)7-2-1-3-13-65-15-17-67-19-21-69-23-25-71-27-29-73-31-33-75-35-36-76-34-32-74-30-28-72-26-24-70-22-20-68-18-16-66-14-12-50-40-9-8-38(54(61)62)37-43(40)55(63)64/h4-6,8-9,37,42,50H,1-3,7,10-36H2,(H,51,56)(H,52,57,58). The predicted octanol–water partition coefficient (Wildman–Crippen LogP) is 2.71. The first-order valence-corrected chi connectivity index (χ1v) is 25.3. The topological polar surface area (TPSA) is 322 Å². The molecular weight excluding hydrogens is 1010 g/mol. The highest BCUT2D eigenvalue weighted by Crippen LogP contribution is 2.33. The molecule has 2 aromatic rings. The van der Waals surface area contributed by atoms with E-state index < -0.39 is 39.5 Å². The zero-order valence-electron chi connectivity index (χ0n) is 42.9. The molecule has 3 N–H and O–H groups in total. The number of nitro groups is 2. The summed E-state index contributed by atoms with van der Waals surface area (Å²) in [4.78, 5) is 84.3. The monoisotopic (exact) mass is 1080 g/mol. The summed E-state index contributed by atoms with van der Waals surface area (Å²) in [5.41, 5.74) is -0.208. The van der Waals surface area contributed by atoms with Gasteiger partial charge < -0.3 is 67.5 Å². The van der Waals surface area contributed by atoms with Crippen molar-refractivity contribution in [1.29, 1.82) is 0 Å². The maximum atomic E-state index is 13.2. The Balaban J connectivity index is 0.783. The lowest BCUT2D eigenvalue weighted by Crippen LogP contribution is -2.54. The number of benzene rings is 2. The van der Waals surface area contributed by atoms with E-state index in [1.807, 2.05) is 0 Å². The fraction of sp³-hybridized carbons (Fsp3) is 0.653. The average Bonchev–Trinajstić information content (AvgIpc) is 3.69. The van der Waals surface area contributed by atoms with E-state index >= 15 is 0 Å². The molecule has 1 unspecified atom stereocenters. The normalized spacial score (nSPS) is 14.3. The molecule has 4 rings (SSSR count). The highest BCUT2D eigenvalue weighted by atomic mass is 16.6. The van der Waals surface area contributed by atoms with Gasteiger partial charge >= 0.3 is 0 Å². The lowest BCUT2D eigenvalue weighted by Gasteiger charge is -2.27. The van der Waals surface area contributed by atoms with Gasteiger partial charge in [-0.15, -0.1) is 0 Å². The summed E-state index contributed by atoms with van der Waals surface area (Å²) in [6, 6.07) is 6.90. The molecular formula is C49H72N6O21. The van der Waals surface area contributed by atoms with Crippen LogP contribution >= 0.6 is 0 Å². The van der Waals surface area contributed by atoms with Gasteiger partial charge in [-0.2, -0.15) is 0 Å². The van der Waals surface area contributed by atoms with Crippen LogP contribution in [-0.2, 0) is 71.2 Å². The second-order valence-electron chi connectivity index (χ2n) is 16.5. The van der Waals surface area contributed by atoms with Gasteiger partial charge in [-0.05, 0) is 37.5 Å². The number of ether oxygens (including phenoxy) is 12. The highest BCUT2D eigenvalue weighted by Gasteiger charge is 2.45. The summed E-state index contributed by atoms with van der Waals surface area (Å²) in [5, 5.41) is 29.8. The SMILES string of the molecule is O=C1CCC(N2C(=O)c3cccc(NC(=O)CCCCCOCCOCCOCCOCCOCCOCCOCCOCCOCCOCCOCCOCCNc4ccc([N+](=O)[O-])cc4[N+](=O)[O-])c3C2=O)C(=O)N1. The van der Waals surface area contributed by atoms with E-state index in [9.17, 15) is 44.2 Å². The number of hydrogen-bond acceptors (Lipinski definition) is 22. The fourth-order valence-electron chi connectivity index (χ4n) is 7.21. The first-order chi connectivity index (χ1) is 37.1. The van der Waals surface area contributed by atoms with Crippen LogP contribution in [0.3, 0.4) is 0 Å². The van der Waals surface area contributed by atoms with Crippen LogP contribution in [0, 0.1) is 20.2 Å². The molecule has 27 nitrogen and oxygen atoms in total. The van der Waals surface area contributed by atoms with Crippen LogP contribution in [0.5, 0.6) is 0 Å². The third kappa shape index (κ3) is 25.0. The highest BCUT2D eigenvalue weighted by molar-refractivity contribution is 6.26. The summed E-state index contributed by atoms with van der Waals surface area (Å²) in [7, 11) is 0. The van der Waals surface area contributed by atoms with Crippen molar-refractivity contribution in [2.24, 2.45) is 0 Å². The maximum Gasteiger partial charge on any atom is 0.299 e. The molecule has 2 aromatic carbocycles. The van der Waals surface area contributed by atoms with Crippen LogP contribution in [0.2, 0.25) is 0 Å². The molecule has 2 aliphatic rings. The van der Waals surface area contributed by atoms with Crippen molar-refractivity contribution in [3.05, 3.63) is 67.8 Å². The Hall–Kier alpha value is -5.69. The number of carbonyl (C=O) groups excluding carboxylic acids is 5. The summed E-state index contributed by atoms with van der Waals surface area (Å²) in [5.74, 6) is -2.76. The lowest BCUT2D eigenvalue weighted by molar-refractivity contribution is -0.393. The van der Waals surface area contributed by atoms with E-state index in [0.717, 1.165) is 23.8 Å². The van der Waals surface area contributed by atoms with E-state index in [4.69, 9.17) is 56.8 Å². The molecule has 0 aliphatic carbocycles. The smallest absolute Gasteiger partial charge is 0.299 e. The van der Waals surface area contributed by atoms with Gasteiger partial charge in [0, 0.05) is 32.1 Å². The van der Waals surface area contributed by atoms with Gasteiger partial charge in [-0.3, -0.25) is 54.4 Å². The van der Waals surface area contributed by atoms with Crippen LogP contribution < -0.4 is 16.0 Å². The number of fused-ring (bicyclic) bond motifs is 1. The number of non-ortho nitro benzene ring substituents is 1. The third-order valence-electron chi connectivity index (χ3n) is 11.0. The zero-order chi connectivity index (χ0) is 54.4. The molecule has 0 aromatic heterocycles. The van der Waals surface area contributed by atoms with Gasteiger partial charge in [-0.25, -0.2) is 0 Å². The van der Waals surface area contributed by atoms with Crippen molar-refractivity contribution in [1.82, 2.24) is 10.2 Å². The summed E-state index contributed by atoms with van der Waals surface area (Å²) in [6.45, 7) is 10.3. The van der Waals surface area contributed by atoms with E-state index in [0.29, 0.717) is 158 Å². The Labute approximate surface area is 440 Å². The second-order valence-corrected chi connectivity index (χ2v) is 16.5. The van der Waals surface area contributed by atoms with Crippen LogP contribution in [-0.4, -0.2) is 215 Å². The molecule has 0 bridgehead atoms. The van der Waals surface area contributed by atoms with Gasteiger partial charge in [0.2, 0.25) is 17.7 Å². The Morgan fingerprint density at radius 1 is 0.553 bits per heavy atom. The van der Waals surface area contributed by atoms with E-state index in [-0.39, 0.29) is 72.2 Å². The largest absolute Gasteiger partial charge is 0.379 e. The number of carbonyl (C=O) groups is 5. The zero-order valence-corrected chi connectivity index (χ0v) is 42.9. The molecule has 0 spiro atoms. The van der Waals surface area contributed by atoms with Crippen LogP contribution in [0.25, 0.3) is 0 Å². The van der Waals surface area contributed by atoms with E-state index in [1.54, 1.807) is 12.1 Å². The molecule has 1 atom stereocenters.